The molecular weight excluding hydrogens is 402 g/mol. The molecule has 0 spiro atoms. The van der Waals surface area contributed by atoms with Crippen LogP contribution in [0.4, 0.5) is 0 Å². The van der Waals surface area contributed by atoms with Crippen molar-refractivity contribution in [2.45, 2.75) is 19.9 Å². The van der Waals surface area contributed by atoms with Gasteiger partial charge in [-0.15, -0.1) is 11.3 Å². The van der Waals surface area contributed by atoms with Crippen LogP contribution < -0.4 is 16.0 Å². The minimum atomic E-state index is -0.472. The Bertz CT molecular complexity index is 1240. The molecule has 1 aliphatic heterocycles. The predicted molar refractivity (Wildman–Crippen MR) is 109 cm³/mol. The van der Waals surface area contributed by atoms with E-state index in [1.807, 2.05) is 0 Å². The monoisotopic (exact) mass is 419 g/mol. The summed E-state index contributed by atoms with van der Waals surface area (Å²) in [5.41, 5.74) is 0.351. The third kappa shape index (κ3) is 2.75. The van der Waals surface area contributed by atoms with Crippen LogP contribution in [0.5, 0.6) is 5.75 Å². The van der Waals surface area contributed by atoms with E-state index in [9.17, 15) is 14.4 Å². The first-order chi connectivity index (χ1) is 13.3. The van der Waals surface area contributed by atoms with Gasteiger partial charge < -0.3 is 9.64 Å². The summed E-state index contributed by atoms with van der Waals surface area (Å²) >= 11 is 7.50. The van der Waals surface area contributed by atoms with Crippen molar-refractivity contribution >= 4 is 39.1 Å². The number of hydrogen-bond donors (Lipinski definition) is 0. The molecule has 1 amide bonds. The van der Waals surface area contributed by atoms with Crippen LogP contribution in [0, 0.1) is 0 Å². The van der Waals surface area contributed by atoms with Crippen LogP contribution >= 0.6 is 22.9 Å². The predicted octanol–water partition coefficient (Wildman–Crippen LogP) is 2.32. The number of aromatic nitrogens is 2. The highest BCUT2D eigenvalue weighted by Gasteiger charge is 2.27. The quantitative estimate of drug-likeness (QED) is 0.639. The number of thiophene rings is 1. The standard InChI is InChI=1S/C19H18ClN3O4S/c1-10(24)22-7-6-12-15(9-22)28-18-16(12)17(25)23(19(26)21(18)2)13-8-11(20)4-5-14(13)27-3/h4-5,8H,6-7,9H2,1-3H3. The highest BCUT2D eigenvalue weighted by atomic mass is 35.5. The molecule has 0 saturated carbocycles. The summed E-state index contributed by atoms with van der Waals surface area (Å²) in [5, 5.41) is 0.918. The van der Waals surface area contributed by atoms with Crippen molar-refractivity contribution in [3.8, 4) is 11.4 Å². The van der Waals surface area contributed by atoms with Gasteiger partial charge in [0.05, 0.1) is 24.7 Å². The number of aryl methyl sites for hydroxylation is 1. The third-order valence-corrected chi connectivity index (χ3v) is 6.59. The molecule has 0 saturated heterocycles. The van der Waals surface area contributed by atoms with Gasteiger partial charge in [0.15, 0.2) is 0 Å². The molecular formula is C19H18ClN3O4S. The van der Waals surface area contributed by atoms with E-state index < -0.39 is 11.2 Å². The Labute approximate surface area is 169 Å². The number of carbonyl (C=O) groups is 1. The molecule has 4 rings (SSSR count). The third-order valence-electron chi connectivity index (χ3n) is 5.07. The smallest absolute Gasteiger partial charge is 0.336 e. The summed E-state index contributed by atoms with van der Waals surface area (Å²) in [5.74, 6) is 0.382. The summed E-state index contributed by atoms with van der Waals surface area (Å²) in [4.78, 5) is 41.5. The van der Waals surface area contributed by atoms with Crippen molar-refractivity contribution in [2.75, 3.05) is 13.7 Å². The van der Waals surface area contributed by atoms with E-state index in [1.54, 1.807) is 30.1 Å². The number of halogens is 1. The molecule has 0 unspecified atom stereocenters. The highest BCUT2D eigenvalue weighted by Crippen LogP contribution is 2.33. The van der Waals surface area contributed by atoms with E-state index in [0.29, 0.717) is 46.2 Å². The Morgan fingerprint density at radius 1 is 1.29 bits per heavy atom. The summed E-state index contributed by atoms with van der Waals surface area (Å²) in [6.45, 7) is 2.54. The first-order valence-corrected chi connectivity index (χ1v) is 9.88. The Kier molecular flexibility index (Phi) is 4.55. The average Bonchev–Trinajstić information content (AvgIpc) is 3.05. The number of fused-ring (bicyclic) bond motifs is 3. The maximum atomic E-state index is 13.4. The molecule has 3 aromatic rings. The van der Waals surface area contributed by atoms with Gasteiger partial charge in [-0.1, -0.05) is 11.6 Å². The van der Waals surface area contributed by atoms with Crippen molar-refractivity contribution in [2.24, 2.45) is 7.05 Å². The fourth-order valence-electron chi connectivity index (χ4n) is 3.60. The summed E-state index contributed by atoms with van der Waals surface area (Å²) < 4.78 is 7.92. The van der Waals surface area contributed by atoms with Gasteiger partial charge in [0.25, 0.3) is 5.56 Å². The Morgan fingerprint density at radius 3 is 2.71 bits per heavy atom. The number of carbonyl (C=O) groups excluding carboxylic acids is 1. The Balaban J connectivity index is 2.04. The van der Waals surface area contributed by atoms with E-state index in [0.717, 1.165) is 15.0 Å². The molecule has 0 fully saturated rings. The lowest BCUT2D eigenvalue weighted by atomic mass is 10.1. The molecule has 3 heterocycles. The molecule has 0 atom stereocenters. The number of benzene rings is 1. The molecule has 0 bridgehead atoms. The topological polar surface area (TPSA) is 73.5 Å². The fraction of sp³-hybridized carbons (Fsp3) is 0.316. The van der Waals surface area contributed by atoms with Crippen molar-refractivity contribution in [3.63, 3.8) is 0 Å². The van der Waals surface area contributed by atoms with Gasteiger partial charge in [-0.2, -0.15) is 0 Å². The molecule has 7 nitrogen and oxygen atoms in total. The molecule has 146 valence electrons. The van der Waals surface area contributed by atoms with Gasteiger partial charge in [-0.05, 0) is 30.2 Å². The van der Waals surface area contributed by atoms with Crippen LogP contribution in [-0.4, -0.2) is 33.6 Å². The zero-order valence-corrected chi connectivity index (χ0v) is 17.2. The number of methoxy groups -OCH3 is 1. The molecule has 0 radical (unpaired) electrons. The fourth-order valence-corrected chi connectivity index (χ4v) is 5.08. The van der Waals surface area contributed by atoms with Crippen molar-refractivity contribution in [3.05, 3.63) is 54.5 Å². The average molecular weight is 420 g/mol. The molecule has 2 aromatic heterocycles. The second kappa shape index (κ2) is 6.79. The second-order valence-corrected chi connectivity index (χ2v) is 8.19. The molecule has 0 aliphatic carbocycles. The van der Waals surface area contributed by atoms with Crippen molar-refractivity contribution in [1.29, 1.82) is 0 Å². The maximum absolute atomic E-state index is 13.4. The Morgan fingerprint density at radius 2 is 2.04 bits per heavy atom. The molecule has 1 aliphatic rings. The van der Waals surface area contributed by atoms with Crippen LogP contribution in [0.2, 0.25) is 5.02 Å². The van der Waals surface area contributed by atoms with E-state index in [-0.39, 0.29) is 5.91 Å². The largest absolute Gasteiger partial charge is 0.495 e. The van der Waals surface area contributed by atoms with E-state index in [2.05, 4.69) is 0 Å². The van der Waals surface area contributed by atoms with Crippen molar-refractivity contribution < 1.29 is 9.53 Å². The van der Waals surface area contributed by atoms with Crippen LogP contribution in [0.15, 0.2) is 27.8 Å². The lowest BCUT2D eigenvalue weighted by molar-refractivity contribution is -0.129. The van der Waals surface area contributed by atoms with Crippen LogP contribution in [0.25, 0.3) is 15.9 Å². The minimum absolute atomic E-state index is 0.00179. The minimum Gasteiger partial charge on any atom is -0.495 e. The number of amides is 1. The maximum Gasteiger partial charge on any atom is 0.336 e. The normalized spacial score (nSPS) is 13.6. The second-order valence-electron chi connectivity index (χ2n) is 6.67. The first-order valence-electron chi connectivity index (χ1n) is 8.69. The number of hydrogen-bond acceptors (Lipinski definition) is 5. The zero-order valence-electron chi connectivity index (χ0n) is 15.6. The van der Waals surface area contributed by atoms with Gasteiger partial charge in [-0.3, -0.25) is 14.2 Å². The number of nitrogens with zero attached hydrogens (tertiary/aromatic N) is 3. The van der Waals surface area contributed by atoms with Crippen LogP contribution in [0.1, 0.15) is 17.4 Å². The zero-order chi connectivity index (χ0) is 20.2. The number of ether oxygens (including phenoxy) is 1. The number of rotatable bonds is 2. The van der Waals surface area contributed by atoms with Crippen LogP contribution in [-0.2, 0) is 24.8 Å². The molecule has 1 aromatic carbocycles. The van der Waals surface area contributed by atoms with Crippen LogP contribution in [0.3, 0.4) is 0 Å². The molecule has 9 heteroatoms. The Hall–Kier alpha value is -2.58. The first kappa shape index (κ1) is 18.8. The molecule has 0 N–H and O–H groups in total. The van der Waals surface area contributed by atoms with E-state index >= 15 is 0 Å². The van der Waals surface area contributed by atoms with E-state index in [1.165, 1.54) is 29.9 Å². The molecule has 28 heavy (non-hydrogen) atoms. The van der Waals surface area contributed by atoms with Gasteiger partial charge in [0.2, 0.25) is 5.91 Å². The van der Waals surface area contributed by atoms with Gasteiger partial charge in [0.1, 0.15) is 10.6 Å². The van der Waals surface area contributed by atoms with Crippen molar-refractivity contribution in [1.82, 2.24) is 14.0 Å². The highest BCUT2D eigenvalue weighted by molar-refractivity contribution is 7.18. The van der Waals surface area contributed by atoms with Gasteiger partial charge >= 0.3 is 5.69 Å². The van der Waals surface area contributed by atoms with Gasteiger partial charge in [-0.25, -0.2) is 9.36 Å². The SMILES string of the molecule is COc1ccc(Cl)cc1-n1c(=O)c2c3c(sc2n(C)c1=O)CN(C(C)=O)CC3. The van der Waals surface area contributed by atoms with E-state index in [4.69, 9.17) is 16.3 Å². The summed E-state index contributed by atoms with van der Waals surface area (Å²) in [7, 11) is 3.12. The lowest BCUT2D eigenvalue weighted by Crippen LogP contribution is -2.38. The summed E-state index contributed by atoms with van der Waals surface area (Å²) in [6, 6.07) is 4.81. The lowest BCUT2D eigenvalue weighted by Gasteiger charge is -2.25. The van der Waals surface area contributed by atoms with Gasteiger partial charge in [0, 0.05) is 30.4 Å². The summed E-state index contributed by atoms with van der Waals surface area (Å²) in [6.07, 6.45) is 0.578.